The van der Waals surface area contributed by atoms with Crippen LogP contribution in [-0.4, -0.2) is 30.8 Å². The van der Waals surface area contributed by atoms with Crippen LogP contribution in [0.15, 0.2) is 77.5 Å². The number of benzene rings is 2. The molecule has 0 unspecified atom stereocenters. The third-order valence-corrected chi connectivity index (χ3v) is 6.09. The normalized spacial score (nSPS) is 11.2. The van der Waals surface area contributed by atoms with Gasteiger partial charge in [-0.2, -0.15) is 9.61 Å². The molecule has 3 aromatic heterocycles. The van der Waals surface area contributed by atoms with Crippen LogP contribution in [0.5, 0.6) is 0 Å². The number of rotatable bonds is 5. The average molecular weight is 507 g/mol. The van der Waals surface area contributed by atoms with Gasteiger partial charge in [-0.3, -0.25) is 10.1 Å². The second-order valence-electron chi connectivity index (χ2n) is 7.03. The molecule has 0 bridgehead atoms. The summed E-state index contributed by atoms with van der Waals surface area (Å²) in [5, 5.41) is 19.5. The molecule has 0 aliphatic carbocycles. The molecule has 2 aromatic carbocycles. The van der Waals surface area contributed by atoms with Gasteiger partial charge in [-0.1, -0.05) is 22.9 Å². The molecule has 5 rings (SSSR count). The van der Waals surface area contributed by atoms with E-state index in [-0.39, 0.29) is 11.0 Å². The molecule has 0 radical (unpaired) electrons. The topological polar surface area (TPSA) is 97.3 Å². The predicted molar refractivity (Wildman–Crippen MR) is 137 cm³/mol. The third-order valence-electron chi connectivity index (χ3n) is 4.67. The van der Waals surface area contributed by atoms with E-state index >= 15 is 0 Å². The minimum absolute atomic E-state index is 0.183. The van der Waals surface area contributed by atoms with E-state index in [9.17, 15) is 4.79 Å². The van der Waals surface area contributed by atoms with E-state index in [0.717, 1.165) is 26.8 Å². The molecule has 5 aromatic rings. The number of furan rings is 1. The second-order valence-corrected chi connectivity index (χ2v) is 8.83. The number of amides is 1. The van der Waals surface area contributed by atoms with Gasteiger partial charge in [0.1, 0.15) is 22.9 Å². The van der Waals surface area contributed by atoms with Crippen molar-refractivity contribution in [3.05, 3.63) is 83.8 Å². The maximum atomic E-state index is 12.2. The van der Waals surface area contributed by atoms with E-state index < -0.39 is 0 Å². The Balaban J connectivity index is 1.15. The SMILES string of the molecule is O=C(C=Cc1ccc(-c2ccc(Cl)cc2)o1)NC(=S)Nc1ccc(-c2nn3cnnc3s2)cc1. The van der Waals surface area contributed by atoms with Crippen molar-refractivity contribution in [2.24, 2.45) is 0 Å². The molecular formula is C23H15ClN6O2S2. The number of hydrogen-bond acceptors (Lipinski definition) is 7. The summed E-state index contributed by atoms with van der Waals surface area (Å²) in [6.07, 6.45) is 4.49. The standard InChI is InChI=1S/C23H15ClN6O2S2/c24-16-5-1-14(2-6-16)19-11-9-18(32-19)10-12-20(31)27-22(33)26-17-7-3-15(4-8-17)21-29-30-13-25-28-23(30)34-21/h1-13H,(H2,26,27,31,33). The average Bonchev–Trinajstić information content (AvgIpc) is 3.55. The van der Waals surface area contributed by atoms with E-state index in [1.54, 1.807) is 35.1 Å². The number of halogens is 1. The molecule has 3 heterocycles. The van der Waals surface area contributed by atoms with Gasteiger partial charge in [-0.15, -0.1) is 10.2 Å². The molecule has 2 N–H and O–H groups in total. The highest BCUT2D eigenvalue weighted by atomic mass is 35.5. The quantitative estimate of drug-likeness (QED) is 0.247. The molecule has 0 aliphatic rings. The Morgan fingerprint density at radius 1 is 1.06 bits per heavy atom. The van der Waals surface area contributed by atoms with Crippen LogP contribution in [0, 0.1) is 0 Å². The number of anilines is 1. The zero-order valence-electron chi connectivity index (χ0n) is 17.3. The Hall–Kier alpha value is -3.86. The Bertz CT molecular complexity index is 1470. The molecule has 8 nitrogen and oxygen atoms in total. The fraction of sp³-hybridized carbons (Fsp3) is 0. The highest BCUT2D eigenvalue weighted by Gasteiger charge is 2.09. The smallest absolute Gasteiger partial charge is 0.250 e. The first-order chi connectivity index (χ1) is 16.5. The van der Waals surface area contributed by atoms with Gasteiger partial charge in [-0.05, 0) is 79.0 Å². The van der Waals surface area contributed by atoms with E-state index in [2.05, 4.69) is 25.9 Å². The van der Waals surface area contributed by atoms with Crippen LogP contribution in [0.25, 0.3) is 32.9 Å². The molecular weight excluding hydrogens is 492 g/mol. The maximum Gasteiger partial charge on any atom is 0.250 e. The molecule has 0 spiro atoms. The van der Waals surface area contributed by atoms with Crippen molar-refractivity contribution in [1.29, 1.82) is 0 Å². The Labute approximate surface area is 207 Å². The number of thiocarbonyl (C=S) groups is 1. The van der Waals surface area contributed by atoms with Gasteiger partial charge < -0.3 is 9.73 Å². The molecule has 0 saturated heterocycles. The van der Waals surface area contributed by atoms with E-state index in [1.807, 2.05) is 42.5 Å². The number of carbonyl (C=O) groups is 1. The van der Waals surface area contributed by atoms with Gasteiger partial charge in [0.2, 0.25) is 10.9 Å². The van der Waals surface area contributed by atoms with Crippen LogP contribution >= 0.6 is 35.2 Å². The number of carbonyl (C=O) groups excluding carboxylic acids is 1. The predicted octanol–water partition coefficient (Wildman–Crippen LogP) is 5.29. The van der Waals surface area contributed by atoms with Gasteiger partial charge in [0.15, 0.2) is 5.11 Å². The largest absolute Gasteiger partial charge is 0.457 e. The maximum absolute atomic E-state index is 12.2. The van der Waals surface area contributed by atoms with Crippen molar-refractivity contribution in [3.8, 4) is 21.9 Å². The number of nitrogens with one attached hydrogen (secondary N) is 2. The Kier molecular flexibility index (Phi) is 6.17. The van der Waals surface area contributed by atoms with Crippen molar-refractivity contribution in [2.45, 2.75) is 0 Å². The Morgan fingerprint density at radius 3 is 2.59 bits per heavy atom. The minimum atomic E-state index is -0.377. The van der Waals surface area contributed by atoms with Crippen LogP contribution < -0.4 is 10.6 Å². The molecule has 34 heavy (non-hydrogen) atoms. The van der Waals surface area contributed by atoms with Crippen LogP contribution in [0.3, 0.4) is 0 Å². The van der Waals surface area contributed by atoms with Crippen LogP contribution in [0.2, 0.25) is 5.02 Å². The Morgan fingerprint density at radius 2 is 1.82 bits per heavy atom. The van der Waals surface area contributed by atoms with E-state index in [0.29, 0.717) is 16.5 Å². The molecule has 1 amide bonds. The van der Waals surface area contributed by atoms with Crippen LogP contribution in [0.1, 0.15) is 5.76 Å². The summed E-state index contributed by atoms with van der Waals surface area (Å²) < 4.78 is 7.38. The van der Waals surface area contributed by atoms with Crippen molar-refractivity contribution in [3.63, 3.8) is 0 Å². The summed E-state index contributed by atoms with van der Waals surface area (Å²) in [4.78, 5) is 13.0. The van der Waals surface area contributed by atoms with Crippen molar-refractivity contribution in [2.75, 3.05) is 5.32 Å². The lowest BCUT2D eigenvalue weighted by Crippen LogP contribution is -2.32. The van der Waals surface area contributed by atoms with Crippen molar-refractivity contribution in [1.82, 2.24) is 25.1 Å². The molecule has 168 valence electrons. The summed E-state index contributed by atoms with van der Waals surface area (Å²) in [5.74, 6) is 0.846. The molecule has 0 atom stereocenters. The zero-order chi connectivity index (χ0) is 23.5. The highest BCUT2D eigenvalue weighted by molar-refractivity contribution is 7.80. The summed E-state index contributed by atoms with van der Waals surface area (Å²) in [7, 11) is 0. The van der Waals surface area contributed by atoms with Crippen molar-refractivity contribution < 1.29 is 9.21 Å². The van der Waals surface area contributed by atoms with E-state index in [1.165, 1.54) is 17.4 Å². The third kappa shape index (κ3) is 5.04. The zero-order valence-corrected chi connectivity index (χ0v) is 19.7. The lowest BCUT2D eigenvalue weighted by atomic mass is 10.2. The molecule has 0 saturated carbocycles. The second kappa shape index (κ2) is 9.56. The van der Waals surface area contributed by atoms with Crippen molar-refractivity contribution >= 4 is 62.9 Å². The number of aromatic nitrogens is 4. The first-order valence-corrected chi connectivity index (χ1v) is 11.6. The monoisotopic (exact) mass is 506 g/mol. The van der Waals surface area contributed by atoms with Gasteiger partial charge in [0.25, 0.3) is 0 Å². The van der Waals surface area contributed by atoms with Crippen LogP contribution in [-0.2, 0) is 4.79 Å². The summed E-state index contributed by atoms with van der Waals surface area (Å²) in [6.45, 7) is 0. The lowest BCUT2D eigenvalue weighted by molar-refractivity contribution is -0.115. The first kappa shape index (κ1) is 22.0. The number of fused-ring (bicyclic) bond motifs is 1. The van der Waals surface area contributed by atoms with Crippen LogP contribution in [0.4, 0.5) is 5.69 Å². The minimum Gasteiger partial charge on any atom is -0.457 e. The fourth-order valence-corrected chi connectivity index (χ4v) is 4.23. The molecule has 0 aliphatic heterocycles. The summed E-state index contributed by atoms with van der Waals surface area (Å²) in [5.41, 5.74) is 2.57. The number of hydrogen-bond donors (Lipinski definition) is 2. The molecule has 11 heteroatoms. The number of nitrogens with zero attached hydrogens (tertiary/aromatic N) is 4. The summed E-state index contributed by atoms with van der Waals surface area (Å²) in [6, 6.07) is 18.5. The summed E-state index contributed by atoms with van der Waals surface area (Å²) >= 11 is 12.6. The van der Waals surface area contributed by atoms with Gasteiger partial charge in [0.05, 0.1) is 0 Å². The van der Waals surface area contributed by atoms with Gasteiger partial charge in [0, 0.05) is 27.9 Å². The molecule has 0 fully saturated rings. The first-order valence-electron chi connectivity index (χ1n) is 9.97. The fourth-order valence-electron chi connectivity index (χ4n) is 3.06. The van der Waals surface area contributed by atoms with Gasteiger partial charge in [-0.25, -0.2) is 0 Å². The highest BCUT2D eigenvalue weighted by Crippen LogP contribution is 2.26. The van der Waals surface area contributed by atoms with E-state index in [4.69, 9.17) is 28.2 Å². The van der Waals surface area contributed by atoms with Gasteiger partial charge >= 0.3 is 0 Å². The lowest BCUT2D eigenvalue weighted by Gasteiger charge is -2.08.